The third-order valence-corrected chi connectivity index (χ3v) is 5.91. The zero-order valence-electron chi connectivity index (χ0n) is 12.0. The molecule has 4 aliphatic carbocycles. The predicted octanol–water partition coefficient (Wildman–Crippen LogP) is 2.33. The van der Waals surface area contributed by atoms with Crippen LogP contribution in [0, 0.1) is 23.7 Å². The van der Waals surface area contributed by atoms with E-state index in [9.17, 15) is 4.79 Å². The Kier molecular flexibility index (Phi) is 2.78. The second kappa shape index (κ2) is 4.42. The molecule has 4 bridgehead atoms. The predicted molar refractivity (Wildman–Crippen MR) is 77.2 cm³/mol. The molecule has 0 aliphatic heterocycles. The Bertz CT molecular complexity index is 549. The summed E-state index contributed by atoms with van der Waals surface area (Å²) in [6.07, 6.45) is 6.93. The summed E-state index contributed by atoms with van der Waals surface area (Å²) >= 11 is 0. The quantitative estimate of drug-likeness (QED) is 0.868. The van der Waals surface area contributed by atoms with Gasteiger partial charge in [-0.05, 0) is 68.8 Å². The molecule has 0 amide bonds. The summed E-state index contributed by atoms with van der Waals surface area (Å²) < 4.78 is 0. The molecule has 4 heteroatoms. The second-order valence-corrected chi connectivity index (χ2v) is 7.32. The van der Waals surface area contributed by atoms with Crippen molar-refractivity contribution < 1.29 is 0 Å². The number of H-pyrrole nitrogens is 1. The fourth-order valence-electron chi connectivity index (χ4n) is 5.35. The van der Waals surface area contributed by atoms with Crippen molar-refractivity contribution in [2.75, 3.05) is 0 Å². The van der Waals surface area contributed by atoms with Crippen molar-refractivity contribution in [3.05, 3.63) is 27.7 Å². The molecule has 1 aromatic rings. The van der Waals surface area contributed by atoms with Crippen molar-refractivity contribution in [2.24, 2.45) is 29.4 Å². The van der Waals surface area contributed by atoms with E-state index in [1.165, 1.54) is 32.1 Å². The van der Waals surface area contributed by atoms with Gasteiger partial charge in [-0.1, -0.05) is 0 Å². The number of nitrogens with one attached hydrogen (secondary N) is 1. The number of nitrogens with zero attached hydrogens (tertiary/aromatic N) is 1. The highest BCUT2D eigenvalue weighted by atomic mass is 16.1. The lowest BCUT2D eigenvalue weighted by Crippen LogP contribution is -2.44. The van der Waals surface area contributed by atoms with Gasteiger partial charge in [-0.3, -0.25) is 4.79 Å². The number of aromatic nitrogens is 2. The lowest BCUT2D eigenvalue weighted by Gasteiger charge is -2.54. The van der Waals surface area contributed by atoms with Crippen molar-refractivity contribution in [2.45, 2.75) is 51.0 Å². The standard InChI is InChI=1S/C16H23N3O/c1-8(17)13-7-14(18-19-16(13)20)15-11-3-9-2-10(5-11)6-12(15)4-9/h7-12,15H,2-6,17H2,1H3,(H,19,20). The van der Waals surface area contributed by atoms with Gasteiger partial charge in [-0.15, -0.1) is 0 Å². The fraction of sp³-hybridized carbons (Fsp3) is 0.750. The Morgan fingerprint density at radius 2 is 1.80 bits per heavy atom. The van der Waals surface area contributed by atoms with Crippen molar-refractivity contribution in [3.63, 3.8) is 0 Å². The van der Waals surface area contributed by atoms with E-state index >= 15 is 0 Å². The van der Waals surface area contributed by atoms with Gasteiger partial charge in [0.15, 0.2) is 0 Å². The first-order valence-electron chi connectivity index (χ1n) is 7.97. The number of nitrogens with two attached hydrogens (primary N) is 1. The maximum atomic E-state index is 11.8. The molecule has 0 saturated heterocycles. The smallest absolute Gasteiger partial charge is 0.268 e. The Balaban J connectivity index is 1.71. The van der Waals surface area contributed by atoms with E-state index < -0.39 is 0 Å². The molecule has 1 atom stereocenters. The van der Waals surface area contributed by atoms with E-state index in [1.54, 1.807) is 0 Å². The fourth-order valence-corrected chi connectivity index (χ4v) is 5.35. The van der Waals surface area contributed by atoms with Gasteiger partial charge in [0.05, 0.1) is 5.69 Å². The van der Waals surface area contributed by atoms with Crippen LogP contribution in [0.1, 0.15) is 62.2 Å². The van der Waals surface area contributed by atoms with Gasteiger partial charge in [0.1, 0.15) is 0 Å². The van der Waals surface area contributed by atoms with E-state index in [2.05, 4.69) is 10.2 Å². The first kappa shape index (κ1) is 12.6. The van der Waals surface area contributed by atoms with Crippen LogP contribution < -0.4 is 11.3 Å². The monoisotopic (exact) mass is 273 g/mol. The zero-order valence-corrected chi connectivity index (χ0v) is 12.0. The molecule has 4 aliphatic rings. The van der Waals surface area contributed by atoms with Crippen LogP contribution in [0.3, 0.4) is 0 Å². The Morgan fingerprint density at radius 1 is 1.20 bits per heavy atom. The van der Waals surface area contributed by atoms with E-state index in [0.29, 0.717) is 11.5 Å². The Morgan fingerprint density at radius 3 is 2.35 bits per heavy atom. The Labute approximate surface area is 119 Å². The highest BCUT2D eigenvalue weighted by Crippen LogP contribution is 2.59. The Hall–Kier alpha value is -1.16. The molecule has 3 N–H and O–H groups in total. The number of aromatic amines is 1. The van der Waals surface area contributed by atoms with Crippen LogP contribution >= 0.6 is 0 Å². The van der Waals surface area contributed by atoms with Crippen molar-refractivity contribution in [1.82, 2.24) is 10.2 Å². The van der Waals surface area contributed by atoms with Crippen LogP contribution in [-0.4, -0.2) is 10.2 Å². The minimum Gasteiger partial charge on any atom is -0.324 e. The molecule has 5 rings (SSSR count). The molecule has 1 heterocycles. The maximum absolute atomic E-state index is 11.8. The second-order valence-electron chi connectivity index (χ2n) is 7.32. The first-order valence-corrected chi connectivity index (χ1v) is 7.97. The van der Waals surface area contributed by atoms with Gasteiger partial charge in [0, 0.05) is 17.5 Å². The molecule has 0 aromatic carbocycles. The average Bonchev–Trinajstić information content (AvgIpc) is 2.38. The van der Waals surface area contributed by atoms with E-state index in [4.69, 9.17) is 5.73 Å². The summed E-state index contributed by atoms with van der Waals surface area (Å²) in [5, 5.41) is 7.05. The summed E-state index contributed by atoms with van der Waals surface area (Å²) in [5.74, 6) is 4.04. The third kappa shape index (κ3) is 1.85. The average molecular weight is 273 g/mol. The molecular weight excluding hydrogens is 250 g/mol. The van der Waals surface area contributed by atoms with Crippen LogP contribution in [0.4, 0.5) is 0 Å². The van der Waals surface area contributed by atoms with Crippen molar-refractivity contribution in [1.29, 1.82) is 0 Å². The summed E-state index contributed by atoms with van der Waals surface area (Å²) in [6, 6.07) is 1.76. The molecule has 108 valence electrons. The van der Waals surface area contributed by atoms with Gasteiger partial charge in [0.25, 0.3) is 5.56 Å². The zero-order chi connectivity index (χ0) is 13.9. The van der Waals surface area contributed by atoms with Crippen LogP contribution in [0.5, 0.6) is 0 Å². The highest BCUT2D eigenvalue weighted by molar-refractivity contribution is 5.22. The molecule has 20 heavy (non-hydrogen) atoms. The van der Waals surface area contributed by atoms with Gasteiger partial charge in [-0.2, -0.15) is 5.10 Å². The molecule has 4 saturated carbocycles. The van der Waals surface area contributed by atoms with Gasteiger partial charge < -0.3 is 5.73 Å². The lowest BCUT2D eigenvalue weighted by atomic mass is 9.51. The van der Waals surface area contributed by atoms with Gasteiger partial charge in [0.2, 0.25) is 0 Å². The molecule has 0 spiro atoms. The van der Waals surface area contributed by atoms with Crippen LogP contribution in [-0.2, 0) is 0 Å². The molecule has 1 unspecified atom stereocenters. The third-order valence-electron chi connectivity index (χ3n) is 5.91. The van der Waals surface area contributed by atoms with Crippen LogP contribution in [0.25, 0.3) is 0 Å². The van der Waals surface area contributed by atoms with E-state index in [0.717, 1.165) is 29.4 Å². The lowest BCUT2D eigenvalue weighted by molar-refractivity contribution is -0.00449. The maximum Gasteiger partial charge on any atom is 0.268 e. The first-order chi connectivity index (χ1) is 9.61. The van der Waals surface area contributed by atoms with Gasteiger partial charge in [-0.25, -0.2) is 5.10 Å². The largest absolute Gasteiger partial charge is 0.324 e. The minimum absolute atomic E-state index is 0.132. The van der Waals surface area contributed by atoms with Crippen LogP contribution in [0.2, 0.25) is 0 Å². The molecule has 0 radical (unpaired) electrons. The summed E-state index contributed by atoms with van der Waals surface area (Å²) in [5.41, 5.74) is 7.55. The van der Waals surface area contributed by atoms with E-state index in [1.807, 2.05) is 13.0 Å². The van der Waals surface area contributed by atoms with Gasteiger partial charge >= 0.3 is 0 Å². The summed E-state index contributed by atoms with van der Waals surface area (Å²) in [4.78, 5) is 11.8. The number of hydrogen-bond acceptors (Lipinski definition) is 3. The molecular formula is C16H23N3O. The molecule has 1 aromatic heterocycles. The van der Waals surface area contributed by atoms with E-state index in [-0.39, 0.29) is 11.6 Å². The molecule has 4 nitrogen and oxygen atoms in total. The number of rotatable bonds is 2. The normalized spacial score (nSPS) is 40.0. The highest BCUT2D eigenvalue weighted by Gasteiger charge is 2.49. The van der Waals surface area contributed by atoms with Crippen LogP contribution in [0.15, 0.2) is 10.9 Å². The topological polar surface area (TPSA) is 71.8 Å². The van der Waals surface area contributed by atoms with Crippen molar-refractivity contribution in [3.8, 4) is 0 Å². The molecule has 4 fully saturated rings. The minimum atomic E-state index is -0.225. The van der Waals surface area contributed by atoms with Crippen molar-refractivity contribution >= 4 is 0 Å². The summed E-state index contributed by atoms with van der Waals surface area (Å²) in [6.45, 7) is 1.87. The SMILES string of the molecule is CC(N)c1cc(C2C3CC4CC(C3)CC2C4)n[nH]c1=O. The summed E-state index contributed by atoms with van der Waals surface area (Å²) in [7, 11) is 0. The number of hydrogen-bond donors (Lipinski definition) is 2.